The summed E-state index contributed by atoms with van der Waals surface area (Å²) in [5, 5.41) is 3.61. The van der Waals surface area contributed by atoms with Crippen LogP contribution in [0.2, 0.25) is 0 Å². The lowest BCUT2D eigenvalue weighted by molar-refractivity contribution is 0.205. The van der Waals surface area contributed by atoms with E-state index < -0.39 is 0 Å². The van der Waals surface area contributed by atoms with Crippen LogP contribution in [0.3, 0.4) is 0 Å². The molecule has 0 bridgehead atoms. The van der Waals surface area contributed by atoms with Gasteiger partial charge in [-0.1, -0.05) is 6.92 Å². The molecule has 84 valence electrons. The van der Waals surface area contributed by atoms with E-state index in [0.29, 0.717) is 6.04 Å². The number of H-pyrrole nitrogens is 1. The highest BCUT2D eigenvalue weighted by Gasteiger charge is 2.17. The van der Waals surface area contributed by atoms with Gasteiger partial charge < -0.3 is 15.2 Å². The van der Waals surface area contributed by atoms with E-state index in [2.05, 4.69) is 34.3 Å². The molecular weight excluding hydrogens is 186 g/mol. The Morgan fingerprint density at radius 1 is 1.47 bits per heavy atom. The first-order valence-electron chi connectivity index (χ1n) is 5.96. The summed E-state index contributed by atoms with van der Waals surface area (Å²) in [6, 6.07) is 4.89. The summed E-state index contributed by atoms with van der Waals surface area (Å²) in [7, 11) is 0. The lowest BCUT2D eigenvalue weighted by atomic mass is 10.1. The SMILES string of the molecule is CCN1CCC(NCc2ccc[nH]2)CC1. The number of piperidine rings is 1. The maximum atomic E-state index is 3.61. The highest BCUT2D eigenvalue weighted by atomic mass is 15.1. The molecular formula is C12H21N3. The molecule has 0 atom stereocenters. The number of hydrogen-bond donors (Lipinski definition) is 2. The van der Waals surface area contributed by atoms with Crippen LogP contribution >= 0.6 is 0 Å². The standard InChI is InChI=1S/C12H21N3/c1-2-15-8-5-11(6-9-15)14-10-12-4-3-7-13-12/h3-4,7,11,13-14H,2,5-6,8-10H2,1H3. The van der Waals surface area contributed by atoms with Crippen molar-refractivity contribution in [2.45, 2.75) is 32.4 Å². The fourth-order valence-corrected chi connectivity index (χ4v) is 2.19. The number of rotatable bonds is 4. The Labute approximate surface area is 91.9 Å². The second-order valence-electron chi connectivity index (χ2n) is 4.28. The van der Waals surface area contributed by atoms with Crippen molar-refractivity contribution >= 4 is 0 Å². The first-order chi connectivity index (χ1) is 7.38. The van der Waals surface area contributed by atoms with Crippen LogP contribution in [-0.2, 0) is 6.54 Å². The van der Waals surface area contributed by atoms with Gasteiger partial charge in [0.1, 0.15) is 0 Å². The number of nitrogens with zero attached hydrogens (tertiary/aromatic N) is 1. The van der Waals surface area contributed by atoms with E-state index in [-0.39, 0.29) is 0 Å². The van der Waals surface area contributed by atoms with Crippen molar-refractivity contribution < 1.29 is 0 Å². The molecule has 0 aromatic carbocycles. The van der Waals surface area contributed by atoms with Crippen molar-refractivity contribution in [2.75, 3.05) is 19.6 Å². The van der Waals surface area contributed by atoms with Gasteiger partial charge in [-0.2, -0.15) is 0 Å². The minimum atomic E-state index is 0.705. The lowest BCUT2D eigenvalue weighted by Crippen LogP contribution is -2.42. The molecule has 1 aromatic heterocycles. The van der Waals surface area contributed by atoms with Gasteiger partial charge in [-0.25, -0.2) is 0 Å². The molecule has 3 heteroatoms. The highest BCUT2D eigenvalue weighted by Crippen LogP contribution is 2.10. The van der Waals surface area contributed by atoms with Crippen molar-refractivity contribution in [3.63, 3.8) is 0 Å². The largest absolute Gasteiger partial charge is 0.364 e. The highest BCUT2D eigenvalue weighted by molar-refractivity contribution is 5.03. The monoisotopic (exact) mass is 207 g/mol. The molecule has 0 aliphatic carbocycles. The maximum Gasteiger partial charge on any atom is 0.0359 e. The molecule has 15 heavy (non-hydrogen) atoms. The summed E-state index contributed by atoms with van der Waals surface area (Å²) >= 11 is 0. The number of nitrogens with one attached hydrogen (secondary N) is 2. The van der Waals surface area contributed by atoms with E-state index in [1.165, 1.54) is 38.2 Å². The average molecular weight is 207 g/mol. The van der Waals surface area contributed by atoms with Crippen LogP contribution in [0, 0.1) is 0 Å². The summed E-state index contributed by atoms with van der Waals surface area (Å²) in [6.45, 7) is 6.91. The molecule has 0 radical (unpaired) electrons. The number of aromatic amines is 1. The van der Waals surface area contributed by atoms with Gasteiger partial charge in [0.15, 0.2) is 0 Å². The van der Waals surface area contributed by atoms with Crippen molar-refractivity contribution in [3.05, 3.63) is 24.0 Å². The zero-order chi connectivity index (χ0) is 10.5. The molecule has 1 aliphatic rings. The Bertz CT molecular complexity index is 260. The summed E-state index contributed by atoms with van der Waals surface area (Å²) in [4.78, 5) is 5.74. The van der Waals surface area contributed by atoms with Crippen molar-refractivity contribution in [1.82, 2.24) is 15.2 Å². The predicted molar refractivity (Wildman–Crippen MR) is 62.8 cm³/mol. The van der Waals surface area contributed by atoms with Gasteiger partial charge >= 0.3 is 0 Å². The fraction of sp³-hybridized carbons (Fsp3) is 0.667. The summed E-state index contributed by atoms with van der Waals surface area (Å²) in [5.74, 6) is 0. The molecule has 2 N–H and O–H groups in total. The molecule has 2 rings (SSSR count). The first kappa shape index (κ1) is 10.7. The predicted octanol–water partition coefficient (Wildman–Crippen LogP) is 1.59. The Hall–Kier alpha value is -0.800. The van der Waals surface area contributed by atoms with Gasteiger partial charge in [-0.3, -0.25) is 0 Å². The number of hydrogen-bond acceptors (Lipinski definition) is 2. The number of aromatic nitrogens is 1. The third kappa shape index (κ3) is 3.08. The maximum absolute atomic E-state index is 3.61. The Balaban J connectivity index is 1.69. The molecule has 3 nitrogen and oxygen atoms in total. The van der Waals surface area contributed by atoms with Crippen LogP contribution in [0.25, 0.3) is 0 Å². The van der Waals surface area contributed by atoms with Crippen LogP contribution in [0.1, 0.15) is 25.5 Å². The van der Waals surface area contributed by atoms with Crippen LogP contribution < -0.4 is 5.32 Å². The van der Waals surface area contributed by atoms with Crippen molar-refractivity contribution in [2.24, 2.45) is 0 Å². The second kappa shape index (κ2) is 5.33. The average Bonchev–Trinajstić information content (AvgIpc) is 2.80. The molecule has 0 spiro atoms. The smallest absolute Gasteiger partial charge is 0.0359 e. The van der Waals surface area contributed by atoms with Crippen LogP contribution in [0.5, 0.6) is 0 Å². The second-order valence-corrected chi connectivity index (χ2v) is 4.28. The van der Waals surface area contributed by atoms with E-state index in [1.54, 1.807) is 0 Å². The van der Waals surface area contributed by atoms with Gasteiger partial charge in [-0.15, -0.1) is 0 Å². The Kier molecular flexibility index (Phi) is 3.80. The number of likely N-dealkylation sites (tertiary alicyclic amines) is 1. The molecule has 1 aromatic rings. The van der Waals surface area contributed by atoms with Crippen LogP contribution in [-0.4, -0.2) is 35.6 Å². The van der Waals surface area contributed by atoms with Gasteiger partial charge in [0.25, 0.3) is 0 Å². The van der Waals surface area contributed by atoms with Crippen LogP contribution in [0.4, 0.5) is 0 Å². The molecule has 2 heterocycles. The molecule has 1 fully saturated rings. The molecule has 0 amide bonds. The van der Waals surface area contributed by atoms with Gasteiger partial charge in [0.05, 0.1) is 0 Å². The Morgan fingerprint density at radius 3 is 2.87 bits per heavy atom. The van der Waals surface area contributed by atoms with E-state index in [4.69, 9.17) is 0 Å². The molecule has 1 aliphatic heterocycles. The Morgan fingerprint density at radius 2 is 2.27 bits per heavy atom. The minimum absolute atomic E-state index is 0.705. The summed E-state index contributed by atoms with van der Waals surface area (Å²) in [5.41, 5.74) is 1.29. The van der Waals surface area contributed by atoms with E-state index >= 15 is 0 Å². The van der Waals surface area contributed by atoms with E-state index in [0.717, 1.165) is 6.54 Å². The third-order valence-electron chi connectivity index (χ3n) is 3.28. The van der Waals surface area contributed by atoms with E-state index in [9.17, 15) is 0 Å². The first-order valence-corrected chi connectivity index (χ1v) is 5.96. The molecule has 1 saturated heterocycles. The van der Waals surface area contributed by atoms with Crippen LogP contribution in [0.15, 0.2) is 18.3 Å². The summed E-state index contributed by atoms with van der Waals surface area (Å²) in [6.07, 6.45) is 4.56. The minimum Gasteiger partial charge on any atom is -0.364 e. The third-order valence-corrected chi connectivity index (χ3v) is 3.28. The van der Waals surface area contributed by atoms with Gasteiger partial charge in [0, 0.05) is 24.5 Å². The normalized spacial score (nSPS) is 19.5. The molecule has 0 saturated carbocycles. The van der Waals surface area contributed by atoms with Gasteiger partial charge in [-0.05, 0) is 44.6 Å². The van der Waals surface area contributed by atoms with E-state index in [1.807, 2.05) is 6.20 Å². The zero-order valence-corrected chi connectivity index (χ0v) is 9.50. The van der Waals surface area contributed by atoms with Crippen molar-refractivity contribution in [3.8, 4) is 0 Å². The summed E-state index contributed by atoms with van der Waals surface area (Å²) < 4.78 is 0. The molecule has 0 unspecified atom stereocenters. The fourth-order valence-electron chi connectivity index (χ4n) is 2.19. The topological polar surface area (TPSA) is 31.1 Å². The van der Waals surface area contributed by atoms with Gasteiger partial charge in [0.2, 0.25) is 0 Å². The quantitative estimate of drug-likeness (QED) is 0.785. The van der Waals surface area contributed by atoms with Crippen molar-refractivity contribution in [1.29, 1.82) is 0 Å². The zero-order valence-electron chi connectivity index (χ0n) is 9.50. The lowest BCUT2D eigenvalue weighted by Gasteiger charge is -2.31.